The van der Waals surface area contributed by atoms with Crippen LogP contribution in [0.2, 0.25) is 0 Å². The molecule has 0 bridgehead atoms. The summed E-state index contributed by atoms with van der Waals surface area (Å²) in [7, 11) is 0. The van der Waals surface area contributed by atoms with Gasteiger partial charge in [0.25, 0.3) is 0 Å². The van der Waals surface area contributed by atoms with Crippen LogP contribution in [0.4, 0.5) is 0 Å². The fraction of sp³-hybridized carbons (Fsp3) is 0.833. The lowest BCUT2D eigenvalue weighted by Gasteiger charge is -2.33. The van der Waals surface area contributed by atoms with Crippen LogP contribution in [0.1, 0.15) is 48.5 Å². The third-order valence-corrected chi connectivity index (χ3v) is 2.47. The van der Waals surface area contributed by atoms with E-state index in [1.54, 1.807) is 0 Å². The molecule has 0 aromatic heterocycles. The van der Waals surface area contributed by atoms with Gasteiger partial charge in [-0.1, -0.05) is 26.8 Å². The lowest BCUT2D eigenvalue weighted by Crippen LogP contribution is -2.32. The SMILES string of the molecule is CC1(C)C=C(C(C)(C)C)C(C)(C)O1. The molecule has 0 spiro atoms. The van der Waals surface area contributed by atoms with Crippen molar-refractivity contribution < 1.29 is 4.74 Å². The number of ether oxygens (including phenoxy) is 1. The summed E-state index contributed by atoms with van der Waals surface area (Å²) in [5, 5.41) is 0. The van der Waals surface area contributed by atoms with Gasteiger partial charge in [-0.2, -0.15) is 0 Å². The topological polar surface area (TPSA) is 9.23 Å². The average Bonchev–Trinajstić information content (AvgIpc) is 1.97. The van der Waals surface area contributed by atoms with Gasteiger partial charge in [0.1, 0.15) is 0 Å². The van der Waals surface area contributed by atoms with Gasteiger partial charge in [0, 0.05) is 0 Å². The summed E-state index contributed by atoms with van der Waals surface area (Å²) in [5.74, 6) is 0. The minimum atomic E-state index is -0.109. The molecule has 0 amide bonds. The first-order chi connectivity index (χ1) is 5.55. The van der Waals surface area contributed by atoms with Crippen molar-refractivity contribution in [1.29, 1.82) is 0 Å². The van der Waals surface area contributed by atoms with E-state index in [0.717, 1.165) is 0 Å². The molecule has 1 heteroatoms. The molecule has 1 aliphatic rings. The van der Waals surface area contributed by atoms with Gasteiger partial charge in [-0.25, -0.2) is 0 Å². The zero-order valence-corrected chi connectivity index (χ0v) is 9.99. The first-order valence-electron chi connectivity index (χ1n) is 4.99. The van der Waals surface area contributed by atoms with Crippen molar-refractivity contribution in [2.45, 2.75) is 59.7 Å². The van der Waals surface area contributed by atoms with Crippen molar-refractivity contribution >= 4 is 0 Å². The molecule has 0 N–H and O–H groups in total. The van der Waals surface area contributed by atoms with Crippen LogP contribution in [0.3, 0.4) is 0 Å². The van der Waals surface area contributed by atoms with Gasteiger partial charge in [0.2, 0.25) is 0 Å². The molecule has 0 aromatic carbocycles. The minimum Gasteiger partial charge on any atom is -0.361 e. The van der Waals surface area contributed by atoms with E-state index in [1.807, 2.05) is 0 Å². The Morgan fingerprint density at radius 2 is 1.54 bits per heavy atom. The fourth-order valence-corrected chi connectivity index (χ4v) is 2.38. The molecule has 0 saturated heterocycles. The van der Waals surface area contributed by atoms with Gasteiger partial charge in [0.05, 0.1) is 11.2 Å². The summed E-state index contributed by atoms with van der Waals surface area (Å²) in [5.41, 5.74) is 1.40. The van der Waals surface area contributed by atoms with Crippen molar-refractivity contribution in [3.8, 4) is 0 Å². The van der Waals surface area contributed by atoms with Crippen LogP contribution in [0.15, 0.2) is 11.6 Å². The van der Waals surface area contributed by atoms with E-state index >= 15 is 0 Å². The van der Waals surface area contributed by atoms with Gasteiger partial charge in [0.15, 0.2) is 0 Å². The van der Waals surface area contributed by atoms with Crippen LogP contribution >= 0.6 is 0 Å². The molecular weight excluding hydrogens is 160 g/mol. The molecule has 0 fully saturated rings. The van der Waals surface area contributed by atoms with Crippen LogP contribution in [0, 0.1) is 5.41 Å². The number of rotatable bonds is 0. The summed E-state index contributed by atoms with van der Waals surface area (Å²) in [4.78, 5) is 0. The average molecular weight is 182 g/mol. The Labute approximate surface area is 82.2 Å². The van der Waals surface area contributed by atoms with E-state index in [0.29, 0.717) is 0 Å². The smallest absolute Gasteiger partial charge is 0.0853 e. The lowest BCUT2D eigenvalue weighted by atomic mass is 9.78. The fourth-order valence-electron chi connectivity index (χ4n) is 2.38. The molecule has 0 radical (unpaired) electrons. The Morgan fingerprint density at radius 1 is 1.08 bits per heavy atom. The molecular formula is C12H22O. The highest BCUT2D eigenvalue weighted by atomic mass is 16.5. The maximum Gasteiger partial charge on any atom is 0.0853 e. The molecule has 0 atom stereocenters. The van der Waals surface area contributed by atoms with Crippen molar-refractivity contribution in [3.05, 3.63) is 11.6 Å². The van der Waals surface area contributed by atoms with Crippen molar-refractivity contribution in [2.24, 2.45) is 5.41 Å². The van der Waals surface area contributed by atoms with Gasteiger partial charge in [-0.15, -0.1) is 0 Å². The monoisotopic (exact) mass is 182 g/mol. The maximum atomic E-state index is 5.98. The van der Waals surface area contributed by atoms with E-state index in [9.17, 15) is 0 Å². The van der Waals surface area contributed by atoms with Gasteiger partial charge in [-0.05, 0) is 38.7 Å². The van der Waals surface area contributed by atoms with Crippen LogP contribution < -0.4 is 0 Å². The molecule has 0 aliphatic carbocycles. The lowest BCUT2D eigenvalue weighted by molar-refractivity contribution is -0.0575. The molecule has 1 rings (SSSR count). The summed E-state index contributed by atoms with van der Waals surface area (Å²) in [6.45, 7) is 15.3. The third kappa shape index (κ3) is 2.14. The van der Waals surface area contributed by atoms with Crippen LogP contribution in [0.5, 0.6) is 0 Å². The Morgan fingerprint density at radius 3 is 1.69 bits per heavy atom. The largest absolute Gasteiger partial charge is 0.361 e. The molecule has 1 nitrogen and oxygen atoms in total. The van der Waals surface area contributed by atoms with E-state index in [2.05, 4.69) is 54.5 Å². The summed E-state index contributed by atoms with van der Waals surface area (Å²) in [6, 6.07) is 0. The first-order valence-corrected chi connectivity index (χ1v) is 4.99. The van der Waals surface area contributed by atoms with Crippen molar-refractivity contribution in [3.63, 3.8) is 0 Å². The molecule has 0 saturated carbocycles. The second-order valence-corrected chi connectivity index (χ2v) is 6.02. The quantitative estimate of drug-likeness (QED) is 0.521. The summed E-state index contributed by atoms with van der Waals surface area (Å²) >= 11 is 0. The Bertz CT molecular complexity index is 238. The zero-order chi connectivity index (χ0) is 10.5. The maximum absolute atomic E-state index is 5.98. The van der Waals surface area contributed by atoms with Crippen LogP contribution in [-0.4, -0.2) is 11.2 Å². The third-order valence-electron chi connectivity index (χ3n) is 2.47. The second kappa shape index (κ2) is 2.60. The van der Waals surface area contributed by atoms with E-state index < -0.39 is 0 Å². The highest BCUT2D eigenvalue weighted by Crippen LogP contribution is 2.44. The molecule has 76 valence electrons. The number of hydrogen-bond acceptors (Lipinski definition) is 1. The summed E-state index contributed by atoms with van der Waals surface area (Å²) in [6.07, 6.45) is 2.27. The summed E-state index contributed by atoms with van der Waals surface area (Å²) < 4.78 is 5.98. The van der Waals surface area contributed by atoms with Crippen molar-refractivity contribution in [1.82, 2.24) is 0 Å². The Hall–Kier alpha value is -0.300. The predicted molar refractivity (Wildman–Crippen MR) is 56.8 cm³/mol. The predicted octanol–water partition coefficient (Wildman–Crippen LogP) is 3.55. The van der Waals surface area contributed by atoms with E-state index in [4.69, 9.17) is 4.74 Å². The normalized spacial score (nSPS) is 25.9. The number of hydrogen-bond donors (Lipinski definition) is 0. The molecule has 1 aliphatic heterocycles. The first kappa shape index (κ1) is 10.8. The Kier molecular flexibility index (Phi) is 2.16. The van der Waals surface area contributed by atoms with Crippen LogP contribution in [0.25, 0.3) is 0 Å². The second-order valence-electron chi connectivity index (χ2n) is 6.02. The standard InChI is InChI=1S/C12H22O/c1-10(2,3)9-8-11(4,5)13-12(9,6)7/h8H,1-7H3. The van der Waals surface area contributed by atoms with Crippen molar-refractivity contribution in [2.75, 3.05) is 0 Å². The molecule has 13 heavy (non-hydrogen) atoms. The minimum absolute atomic E-state index is 0.105. The molecule has 1 heterocycles. The van der Waals surface area contributed by atoms with Gasteiger partial charge < -0.3 is 4.74 Å². The molecule has 0 unspecified atom stereocenters. The van der Waals surface area contributed by atoms with Gasteiger partial charge in [-0.3, -0.25) is 0 Å². The molecule has 0 aromatic rings. The zero-order valence-electron chi connectivity index (χ0n) is 9.99. The van der Waals surface area contributed by atoms with E-state index in [1.165, 1.54) is 5.57 Å². The van der Waals surface area contributed by atoms with Gasteiger partial charge >= 0.3 is 0 Å². The van der Waals surface area contributed by atoms with E-state index in [-0.39, 0.29) is 16.6 Å². The highest BCUT2D eigenvalue weighted by molar-refractivity contribution is 5.29. The Balaban J connectivity index is 3.08. The highest BCUT2D eigenvalue weighted by Gasteiger charge is 2.42. The van der Waals surface area contributed by atoms with Crippen LogP contribution in [-0.2, 0) is 4.74 Å².